The molecule has 1 aliphatic rings. The molecule has 0 unspecified atom stereocenters. The Morgan fingerprint density at radius 3 is 2.36 bits per heavy atom. The van der Waals surface area contributed by atoms with Gasteiger partial charge >= 0.3 is 6.09 Å². The van der Waals surface area contributed by atoms with E-state index >= 15 is 0 Å². The number of halogens is 2. The van der Waals surface area contributed by atoms with E-state index in [1.807, 2.05) is 11.5 Å². The van der Waals surface area contributed by atoms with E-state index in [2.05, 4.69) is 4.99 Å². The summed E-state index contributed by atoms with van der Waals surface area (Å²) >= 11 is 13.9. The molecule has 0 atom stereocenters. The second-order valence-corrected chi connectivity index (χ2v) is 12.3. The molecule has 0 radical (unpaired) electrons. The number of thiazole rings is 1. The molecular weight excluding hydrogens is 587 g/mol. The lowest BCUT2D eigenvalue weighted by Crippen LogP contribution is -2.50. The van der Waals surface area contributed by atoms with Crippen LogP contribution in [0.15, 0.2) is 46.3 Å². The average molecular weight is 616 g/mol. The minimum atomic E-state index is -3.80. The smallest absolute Gasteiger partial charge is 0.409 e. The van der Waals surface area contributed by atoms with Gasteiger partial charge in [0.05, 0.1) is 33.3 Å². The van der Waals surface area contributed by atoms with E-state index < -0.39 is 22.0 Å². The SMILES string of the molecule is CCOCCn1c(=NC(=O)c2ccc(S(=O)(=O)N3CCN(C(=O)OCC)CC3)cc2)sc2cc(Cl)cc(Cl)c21. The normalized spacial score (nSPS) is 15.2. The maximum atomic E-state index is 13.1. The molecule has 2 heterocycles. The predicted octanol–water partition coefficient (Wildman–Crippen LogP) is 4.25. The van der Waals surface area contributed by atoms with E-state index in [1.54, 1.807) is 19.1 Å². The summed E-state index contributed by atoms with van der Waals surface area (Å²) in [5.41, 5.74) is 0.945. The van der Waals surface area contributed by atoms with E-state index in [9.17, 15) is 18.0 Å². The number of benzene rings is 2. The van der Waals surface area contributed by atoms with Gasteiger partial charge in [-0.15, -0.1) is 0 Å². The predicted molar refractivity (Wildman–Crippen MR) is 150 cm³/mol. The van der Waals surface area contributed by atoms with Gasteiger partial charge in [0.1, 0.15) is 0 Å². The fourth-order valence-electron chi connectivity index (χ4n) is 4.12. The molecule has 3 aromatic rings. The van der Waals surface area contributed by atoms with E-state index in [0.717, 1.165) is 4.70 Å². The number of nitrogens with zero attached hydrogens (tertiary/aromatic N) is 4. The zero-order valence-electron chi connectivity index (χ0n) is 21.4. The number of rotatable bonds is 8. The van der Waals surface area contributed by atoms with Crippen LogP contribution in [0.4, 0.5) is 4.79 Å². The number of aromatic nitrogens is 1. The summed E-state index contributed by atoms with van der Waals surface area (Å²) in [5.74, 6) is -0.527. The first kappa shape index (κ1) is 29.5. The number of carbonyl (C=O) groups excluding carboxylic acids is 2. The van der Waals surface area contributed by atoms with Gasteiger partial charge < -0.3 is 18.9 Å². The van der Waals surface area contributed by atoms with Gasteiger partial charge in [0.2, 0.25) is 10.0 Å². The lowest BCUT2D eigenvalue weighted by atomic mass is 10.2. The Balaban J connectivity index is 1.55. The minimum absolute atomic E-state index is 0.0544. The first-order valence-electron chi connectivity index (χ1n) is 12.3. The molecule has 1 aliphatic heterocycles. The first-order valence-corrected chi connectivity index (χ1v) is 15.3. The molecule has 14 heteroatoms. The number of hydrogen-bond acceptors (Lipinski definition) is 7. The summed E-state index contributed by atoms with van der Waals surface area (Å²) in [6.45, 7) is 6.03. The van der Waals surface area contributed by atoms with E-state index in [1.165, 1.54) is 44.8 Å². The van der Waals surface area contributed by atoms with Crippen LogP contribution in [0.25, 0.3) is 10.2 Å². The summed E-state index contributed by atoms with van der Waals surface area (Å²) in [7, 11) is -3.80. The Bertz CT molecular complexity index is 1530. The van der Waals surface area contributed by atoms with Crippen molar-refractivity contribution in [2.75, 3.05) is 46.0 Å². The van der Waals surface area contributed by atoms with E-state index in [4.69, 9.17) is 32.7 Å². The van der Waals surface area contributed by atoms with Gasteiger partial charge in [-0.05, 0) is 50.2 Å². The van der Waals surface area contributed by atoms with Crippen molar-refractivity contribution in [2.45, 2.75) is 25.3 Å². The Kier molecular flexibility index (Phi) is 9.68. The summed E-state index contributed by atoms with van der Waals surface area (Å²) in [6, 6.07) is 9.06. The van der Waals surface area contributed by atoms with Crippen LogP contribution in [-0.2, 0) is 26.0 Å². The first-order chi connectivity index (χ1) is 18.6. The van der Waals surface area contributed by atoms with Crippen LogP contribution in [0.5, 0.6) is 0 Å². The van der Waals surface area contributed by atoms with Crippen molar-refractivity contribution in [2.24, 2.45) is 4.99 Å². The quantitative estimate of drug-likeness (QED) is 0.351. The van der Waals surface area contributed by atoms with Crippen molar-refractivity contribution in [1.29, 1.82) is 0 Å². The van der Waals surface area contributed by atoms with Gasteiger partial charge in [-0.2, -0.15) is 9.30 Å². The fraction of sp³-hybridized carbons (Fsp3) is 0.400. The number of hydrogen-bond donors (Lipinski definition) is 0. The molecule has 0 bridgehead atoms. The zero-order chi connectivity index (χ0) is 28.2. The van der Waals surface area contributed by atoms with Crippen molar-refractivity contribution in [3.05, 3.63) is 56.8 Å². The van der Waals surface area contributed by atoms with Crippen molar-refractivity contribution in [3.63, 3.8) is 0 Å². The lowest BCUT2D eigenvalue weighted by molar-refractivity contribution is 0.0933. The van der Waals surface area contributed by atoms with Gasteiger partial charge in [0.25, 0.3) is 5.91 Å². The molecule has 0 saturated carbocycles. The molecule has 39 heavy (non-hydrogen) atoms. The maximum absolute atomic E-state index is 13.1. The van der Waals surface area contributed by atoms with Crippen molar-refractivity contribution >= 4 is 66.8 Å². The van der Waals surface area contributed by atoms with E-state index in [-0.39, 0.29) is 43.2 Å². The van der Waals surface area contributed by atoms with Gasteiger partial charge in [0, 0.05) is 49.9 Å². The van der Waals surface area contributed by atoms with Gasteiger partial charge in [-0.25, -0.2) is 13.2 Å². The molecule has 210 valence electrons. The van der Waals surface area contributed by atoms with Crippen molar-refractivity contribution in [1.82, 2.24) is 13.8 Å². The molecule has 4 rings (SSSR count). The van der Waals surface area contributed by atoms with Gasteiger partial charge in [-0.3, -0.25) is 4.79 Å². The number of carbonyl (C=O) groups is 2. The molecule has 0 spiro atoms. The van der Waals surface area contributed by atoms with Crippen molar-refractivity contribution < 1.29 is 27.5 Å². The fourth-order valence-corrected chi connectivity index (χ4v) is 7.38. The Hall–Kier alpha value is -2.48. The third kappa shape index (κ3) is 6.64. The summed E-state index contributed by atoms with van der Waals surface area (Å²) in [5, 5.41) is 0.916. The van der Waals surface area contributed by atoms with Crippen LogP contribution in [0.3, 0.4) is 0 Å². The van der Waals surface area contributed by atoms with Gasteiger partial charge in [-0.1, -0.05) is 34.5 Å². The molecule has 1 saturated heterocycles. The lowest BCUT2D eigenvalue weighted by Gasteiger charge is -2.33. The molecule has 2 amide bonds. The summed E-state index contributed by atoms with van der Waals surface area (Å²) in [4.78, 5) is 31.2. The van der Waals surface area contributed by atoms with Crippen LogP contribution in [0.2, 0.25) is 10.0 Å². The minimum Gasteiger partial charge on any atom is -0.450 e. The monoisotopic (exact) mass is 614 g/mol. The highest BCUT2D eigenvalue weighted by molar-refractivity contribution is 7.89. The number of sulfonamides is 1. The molecular formula is C25H28Cl2N4O6S2. The topological polar surface area (TPSA) is 111 Å². The summed E-state index contributed by atoms with van der Waals surface area (Å²) < 4.78 is 40.7. The largest absolute Gasteiger partial charge is 0.450 e. The molecule has 1 fully saturated rings. The van der Waals surface area contributed by atoms with Crippen LogP contribution in [-0.4, -0.2) is 80.2 Å². The zero-order valence-corrected chi connectivity index (χ0v) is 24.6. The number of fused-ring (bicyclic) bond motifs is 1. The Morgan fingerprint density at radius 2 is 1.72 bits per heavy atom. The third-order valence-electron chi connectivity index (χ3n) is 6.06. The molecule has 0 N–H and O–H groups in total. The second-order valence-electron chi connectivity index (χ2n) is 8.50. The van der Waals surface area contributed by atoms with E-state index in [0.29, 0.717) is 40.1 Å². The number of amides is 2. The number of piperazine rings is 1. The maximum Gasteiger partial charge on any atom is 0.409 e. The van der Waals surface area contributed by atoms with Gasteiger partial charge in [0.15, 0.2) is 4.80 Å². The summed E-state index contributed by atoms with van der Waals surface area (Å²) in [6.07, 6.45) is -0.454. The van der Waals surface area contributed by atoms with Crippen molar-refractivity contribution in [3.8, 4) is 0 Å². The molecule has 0 aliphatic carbocycles. The highest BCUT2D eigenvalue weighted by atomic mass is 35.5. The van der Waals surface area contributed by atoms with Crippen LogP contribution < -0.4 is 4.80 Å². The van der Waals surface area contributed by atoms with Crippen LogP contribution in [0, 0.1) is 0 Å². The third-order valence-corrected chi connectivity index (χ3v) is 9.50. The standard InChI is InChI=1S/C25H28Cl2N4O6S2/c1-3-36-14-13-31-22-20(27)15-18(26)16-21(22)38-24(31)28-23(32)17-5-7-19(8-6-17)39(34,35)30-11-9-29(10-12-30)25(33)37-4-2/h5-8,15-16H,3-4,9-14H2,1-2H3. The molecule has 1 aromatic heterocycles. The molecule has 2 aromatic carbocycles. The highest BCUT2D eigenvalue weighted by Gasteiger charge is 2.30. The highest BCUT2D eigenvalue weighted by Crippen LogP contribution is 2.30. The van der Waals surface area contributed by atoms with Crippen LogP contribution in [0.1, 0.15) is 24.2 Å². The number of ether oxygens (including phenoxy) is 2. The van der Waals surface area contributed by atoms with Crippen LogP contribution >= 0.6 is 34.5 Å². The Labute approximate surface area is 240 Å². The molecule has 10 nitrogen and oxygen atoms in total. The Morgan fingerprint density at radius 1 is 1.03 bits per heavy atom. The average Bonchev–Trinajstić information content (AvgIpc) is 3.25. The second kappa shape index (κ2) is 12.8.